The minimum atomic E-state index is -0.328. The molecule has 2 rings (SSSR count). The molecule has 0 bridgehead atoms. The molecule has 5 nitrogen and oxygen atoms in total. The second kappa shape index (κ2) is 5.12. The predicted octanol–water partition coefficient (Wildman–Crippen LogP) is 1.28. The number of hydrogen-bond acceptors (Lipinski definition) is 4. The quantitative estimate of drug-likeness (QED) is 0.799. The van der Waals surface area contributed by atoms with E-state index in [-0.39, 0.29) is 11.4 Å². The molecule has 5 heteroatoms. The van der Waals surface area contributed by atoms with Crippen LogP contribution in [0.4, 0.5) is 0 Å². The average Bonchev–Trinajstić information content (AvgIpc) is 3.11. The summed E-state index contributed by atoms with van der Waals surface area (Å²) in [6.45, 7) is 2.79. The zero-order valence-electron chi connectivity index (χ0n) is 10.9. The van der Waals surface area contributed by atoms with E-state index < -0.39 is 0 Å². The maximum atomic E-state index is 12.1. The smallest absolute Gasteiger partial charge is 0.287 e. The van der Waals surface area contributed by atoms with Gasteiger partial charge >= 0.3 is 0 Å². The van der Waals surface area contributed by atoms with Crippen LogP contribution < -0.4 is 11.1 Å². The third-order valence-corrected chi connectivity index (χ3v) is 3.47. The summed E-state index contributed by atoms with van der Waals surface area (Å²) in [4.78, 5) is 12.1. The molecule has 3 N–H and O–H groups in total. The third kappa shape index (κ3) is 2.73. The fourth-order valence-electron chi connectivity index (χ4n) is 2.08. The van der Waals surface area contributed by atoms with Gasteiger partial charge in [-0.05, 0) is 37.8 Å². The molecule has 1 atom stereocenters. The number of furan rings is 1. The van der Waals surface area contributed by atoms with Gasteiger partial charge in [-0.15, -0.1) is 0 Å². The van der Waals surface area contributed by atoms with E-state index in [4.69, 9.17) is 14.9 Å². The van der Waals surface area contributed by atoms with E-state index in [1.807, 2.05) is 6.92 Å². The van der Waals surface area contributed by atoms with E-state index >= 15 is 0 Å². The van der Waals surface area contributed by atoms with Crippen molar-refractivity contribution in [1.82, 2.24) is 5.32 Å². The second-order valence-electron chi connectivity index (χ2n) is 5.05. The summed E-state index contributed by atoms with van der Waals surface area (Å²) in [5.41, 5.74) is 5.43. The highest BCUT2D eigenvalue weighted by Crippen LogP contribution is 2.39. The van der Waals surface area contributed by atoms with Crippen LogP contribution in [0.2, 0.25) is 0 Å². The highest BCUT2D eigenvalue weighted by molar-refractivity contribution is 5.92. The van der Waals surface area contributed by atoms with E-state index in [2.05, 4.69) is 5.32 Å². The molecular weight excluding hydrogens is 232 g/mol. The van der Waals surface area contributed by atoms with Gasteiger partial charge in [-0.3, -0.25) is 4.79 Å². The Labute approximate surface area is 107 Å². The van der Waals surface area contributed by atoms with Crippen LogP contribution in [0.5, 0.6) is 0 Å². The van der Waals surface area contributed by atoms with Crippen molar-refractivity contribution < 1.29 is 13.9 Å². The highest BCUT2D eigenvalue weighted by atomic mass is 16.5. The van der Waals surface area contributed by atoms with Crippen LogP contribution in [0, 0.1) is 5.92 Å². The van der Waals surface area contributed by atoms with Crippen LogP contribution in [0.15, 0.2) is 16.5 Å². The van der Waals surface area contributed by atoms with Crippen LogP contribution in [0.25, 0.3) is 0 Å². The van der Waals surface area contributed by atoms with Gasteiger partial charge in [-0.25, -0.2) is 0 Å². The Kier molecular flexibility index (Phi) is 3.73. The zero-order chi connectivity index (χ0) is 13.2. The Morgan fingerprint density at radius 2 is 2.33 bits per heavy atom. The number of rotatable bonds is 6. The van der Waals surface area contributed by atoms with Gasteiger partial charge in [0.2, 0.25) is 0 Å². The van der Waals surface area contributed by atoms with Crippen molar-refractivity contribution in [2.24, 2.45) is 11.7 Å². The summed E-state index contributed by atoms with van der Waals surface area (Å²) in [5.74, 6) is 1.22. The number of amides is 1. The molecule has 18 heavy (non-hydrogen) atoms. The number of carbonyl (C=O) groups is 1. The van der Waals surface area contributed by atoms with Gasteiger partial charge in [0, 0.05) is 13.7 Å². The third-order valence-electron chi connectivity index (χ3n) is 3.47. The van der Waals surface area contributed by atoms with Crippen molar-refractivity contribution >= 4 is 5.91 Å². The van der Waals surface area contributed by atoms with Crippen LogP contribution in [-0.4, -0.2) is 25.1 Å². The molecule has 1 aromatic heterocycles. The topological polar surface area (TPSA) is 77.5 Å². The van der Waals surface area contributed by atoms with Crippen molar-refractivity contribution in [3.63, 3.8) is 0 Å². The first kappa shape index (κ1) is 13.1. The standard InChI is InChI=1S/C13H20N2O3/c1-13(8-14,9-3-4-9)15-12(16)11-6-5-10(18-11)7-17-2/h5-6,9H,3-4,7-8,14H2,1-2H3,(H,15,16). The van der Waals surface area contributed by atoms with Gasteiger partial charge in [0.25, 0.3) is 5.91 Å². The summed E-state index contributed by atoms with van der Waals surface area (Å²) in [6, 6.07) is 3.41. The monoisotopic (exact) mass is 252 g/mol. The van der Waals surface area contributed by atoms with E-state index in [0.717, 1.165) is 12.8 Å². The molecule has 100 valence electrons. The molecule has 0 aliphatic heterocycles. The molecule has 1 aliphatic rings. The number of carbonyl (C=O) groups excluding carboxylic acids is 1. The fourth-order valence-corrected chi connectivity index (χ4v) is 2.08. The first-order chi connectivity index (χ1) is 8.59. The van der Waals surface area contributed by atoms with Crippen molar-refractivity contribution in [3.8, 4) is 0 Å². The highest BCUT2D eigenvalue weighted by Gasteiger charge is 2.41. The Balaban J connectivity index is 2.01. The first-order valence-electron chi connectivity index (χ1n) is 6.19. The molecule has 0 saturated heterocycles. The maximum absolute atomic E-state index is 12.1. The molecule has 1 heterocycles. The van der Waals surface area contributed by atoms with E-state index in [0.29, 0.717) is 30.6 Å². The molecule has 1 aromatic rings. The molecule has 1 fully saturated rings. The van der Waals surface area contributed by atoms with Gasteiger partial charge in [-0.2, -0.15) is 0 Å². The Hall–Kier alpha value is -1.33. The lowest BCUT2D eigenvalue weighted by molar-refractivity contribution is 0.0861. The molecule has 0 radical (unpaired) electrons. The normalized spacial score (nSPS) is 18.4. The number of nitrogens with two attached hydrogens (primary N) is 1. The predicted molar refractivity (Wildman–Crippen MR) is 67.1 cm³/mol. The van der Waals surface area contributed by atoms with Crippen molar-refractivity contribution in [3.05, 3.63) is 23.7 Å². The molecule has 1 unspecified atom stereocenters. The van der Waals surface area contributed by atoms with E-state index in [9.17, 15) is 4.79 Å². The lowest BCUT2D eigenvalue weighted by Crippen LogP contribution is -2.53. The van der Waals surface area contributed by atoms with E-state index in [1.54, 1.807) is 19.2 Å². The van der Waals surface area contributed by atoms with Gasteiger partial charge in [0.15, 0.2) is 5.76 Å². The van der Waals surface area contributed by atoms with Gasteiger partial charge in [0.05, 0.1) is 5.54 Å². The largest absolute Gasteiger partial charge is 0.453 e. The van der Waals surface area contributed by atoms with Crippen LogP contribution in [-0.2, 0) is 11.3 Å². The Bertz CT molecular complexity index is 426. The lowest BCUT2D eigenvalue weighted by atomic mass is 9.96. The van der Waals surface area contributed by atoms with Crippen LogP contribution in [0.1, 0.15) is 36.1 Å². The van der Waals surface area contributed by atoms with Crippen molar-refractivity contribution in [1.29, 1.82) is 0 Å². The maximum Gasteiger partial charge on any atom is 0.287 e. The van der Waals surface area contributed by atoms with Crippen molar-refractivity contribution in [2.75, 3.05) is 13.7 Å². The van der Waals surface area contributed by atoms with Gasteiger partial charge < -0.3 is 20.2 Å². The summed E-state index contributed by atoms with van der Waals surface area (Å²) in [7, 11) is 1.58. The van der Waals surface area contributed by atoms with Crippen molar-refractivity contribution in [2.45, 2.75) is 31.9 Å². The van der Waals surface area contributed by atoms with Crippen LogP contribution >= 0.6 is 0 Å². The average molecular weight is 252 g/mol. The first-order valence-corrected chi connectivity index (χ1v) is 6.19. The fraction of sp³-hybridized carbons (Fsp3) is 0.615. The number of ether oxygens (including phenoxy) is 1. The lowest BCUT2D eigenvalue weighted by Gasteiger charge is -2.28. The molecule has 1 saturated carbocycles. The van der Waals surface area contributed by atoms with Gasteiger partial charge in [0.1, 0.15) is 12.4 Å². The van der Waals surface area contributed by atoms with Gasteiger partial charge in [-0.1, -0.05) is 0 Å². The SMILES string of the molecule is COCc1ccc(C(=O)NC(C)(CN)C2CC2)o1. The molecule has 0 aromatic carbocycles. The minimum absolute atomic E-state index is 0.211. The molecule has 1 amide bonds. The molecule has 0 spiro atoms. The number of hydrogen-bond donors (Lipinski definition) is 2. The molecule has 1 aliphatic carbocycles. The van der Waals surface area contributed by atoms with Crippen LogP contribution in [0.3, 0.4) is 0 Å². The second-order valence-corrected chi connectivity index (χ2v) is 5.05. The summed E-state index contributed by atoms with van der Waals surface area (Å²) in [6.07, 6.45) is 2.25. The summed E-state index contributed by atoms with van der Waals surface area (Å²) in [5, 5.41) is 2.98. The zero-order valence-corrected chi connectivity index (χ0v) is 10.9. The summed E-state index contributed by atoms with van der Waals surface area (Å²) >= 11 is 0. The Morgan fingerprint density at radius 1 is 1.61 bits per heavy atom. The molecular formula is C13H20N2O3. The minimum Gasteiger partial charge on any atom is -0.453 e. The summed E-state index contributed by atoms with van der Waals surface area (Å²) < 4.78 is 10.3. The van der Waals surface area contributed by atoms with E-state index in [1.165, 1.54) is 0 Å². The number of nitrogens with one attached hydrogen (secondary N) is 1. The number of methoxy groups -OCH3 is 1. The Morgan fingerprint density at radius 3 is 2.89 bits per heavy atom.